The summed E-state index contributed by atoms with van der Waals surface area (Å²) >= 11 is 0. The normalized spacial score (nSPS) is 15.0. The van der Waals surface area contributed by atoms with Crippen LogP contribution in [-0.2, 0) is 0 Å². The van der Waals surface area contributed by atoms with E-state index >= 15 is 0 Å². The maximum Gasteiger partial charge on any atom is 0.301 e. The van der Waals surface area contributed by atoms with Crippen LogP contribution in [0, 0.1) is 20.2 Å². The lowest BCUT2D eigenvalue weighted by molar-refractivity contribution is -0.393. The van der Waals surface area contributed by atoms with Crippen molar-refractivity contribution in [2.24, 2.45) is 5.10 Å². The van der Waals surface area contributed by atoms with Crippen LogP contribution in [0.15, 0.2) is 59.7 Å². The fourth-order valence-corrected chi connectivity index (χ4v) is 2.63. The number of nitrogens with one attached hydrogen (secondary N) is 1. The summed E-state index contributed by atoms with van der Waals surface area (Å²) in [7, 11) is 0. The standard InChI is InChI=1S/C17H14N4O4/c22-20(23)13-9-10-16(17(11-13)21(24)25)19-18-15-8-4-7-14(15)12-5-2-1-3-6-12/h1-3,5-7,9-11,19H,4,8H2/b18-15-. The molecule has 126 valence electrons. The lowest BCUT2D eigenvalue weighted by Gasteiger charge is -2.07. The highest BCUT2D eigenvalue weighted by Crippen LogP contribution is 2.30. The molecule has 3 rings (SSSR count). The Labute approximate surface area is 142 Å². The first-order chi connectivity index (χ1) is 12.1. The van der Waals surface area contributed by atoms with E-state index in [1.165, 1.54) is 12.1 Å². The Kier molecular flexibility index (Phi) is 4.51. The number of anilines is 1. The molecule has 0 saturated heterocycles. The second-order valence-electron chi connectivity index (χ2n) is 5.41. The minimum Gasteiger partial charge on any atom is -0.271 e. The van der Waals surface area contributed by atoms with Crippen LogP contribution in [0.3, 0.4) is 0 Å². The number of nitrogens with zero attached hydrogens (tertiary/aromatic N) is 3. The van der Waals surface area contributed by atoms with Crippen LogP contribution < -0.4 is 5.43 Å². The van der Waals surface area contributed by atoms with E-state index < -0.39 is 9.85 Å². The van der Waals surface area contributed by atoms with Gasteiger partial charge in [0, 0.05) is 11.6 Å². The van der Waals surface area contributed by atoms with E-state index in [1.54, 1.807) is 0 Å². The van der Waals surface area contributed by atoms with Crippen LogP contribution in [0.4, 0.5) is 17.1 Å². The van der Waals surface area contributed by atoms with Gasteiger partial charge < -0.3 is 0 Å². The van der Waals surface area contributed by atoms with Crippen molar-refractivity contribution in [1.29, 1.82) is 0 Å². The zero-order chi connectivity index (χ0) is 17.8. The third-order valence-electron chi connectivity index (χ3n) is 3.83. The van der Waals surface area contributed by atoms with Crippen LogP contribution in [0.2, 0.25) is 0 Å². The summed E-state index contributed by atoms with van der Waals surface area (Å²) in [6, 6.07) is 13.2. The number of non-ortho nitro benzene ring substituents is 1. The molecule has 0 aromatic heterocycles. The van der Waals surface area contributed by atoms with Gasteiger partial charge in [0.1, 0.15) is 5.69 Å². The van der Waals surface area contributed by atoms with Gasteiger partial charge >= 0.3 is 5.69 Å². The molecule has 0 saturated carbocycles. The lowest BCUT2D eigenvalue weighted by Crippen LogP contribution is -2.03. The van der Waals surface area contributed by atoms with Gasteiger partial charge in [-0.25, -0.2) is 0 Å². The molecule has 8 nitrogen and oxygen atoms in total. The number of allylic oxidation sites excluding steroid dienone is 2. The number of benzene rings is 2. The average Bonchev–Trinajstić information content (AvgIpc) is 3.09. The molecule has 1 N–H and O–H groups in total. The SMILES string of the molecule is O=[N+]([O-])c1ccc(N/N=C2/CCC=C2c2ccccc2)c([N+](=O)[O-])c1. The fourth-order valence-electron chi connectivity index (χ4n) is 2.63. The van der Waals surface area contributed by atoms with E-state index in [2.05, 4.69) is 16.6 Å². The van der Waals surface area contributed by atoms with Crippen molar-refractivity contribution in [1.82, 2.24) is 0 Å². The Balaban J connectivity index is 1.88. The molecule has 0 fully saturated rings. The molecule has 0 heterocycles. The summed E-state index contributed by atoms with van der Waals surface area (Å²) in [4.78, 5) is 20.6. The van der Waals surface area contributed by atoms with Crippen LogP contribution in [-0.4, -0.2) is 15.6 Å². The Morgan fingerprint density at radius 2 is 1.76 bits per heavy atom. The lowest BCUT2D eigenvalue weighted by atomic mass is 10.0. The number of nitro groups is 2. The second kappa shape index (κ2) is 6.91. The van der Waals surface area contributed by atoms with E-state index in [0.29, 0.717) is 0 Å². The van der Waals surface area contributed by atoms with Crippen LogP contribution in [0.1, 0.15) is 18.4 Å². The molecule has 0 amide bonds. The number of rotatable bonds is 5. The topological polar surface area (TPSA) is 111 Å². The van der Waals surface area contributed by atoms with Gasteiger partial charge in [-0.05, 0) is 24.5 Å². The van der Waals surface area contributed by atoms with Crippen molar-refractivity contribution < 1.29 is 9.85 Å². The number of nitro benzene ring substituents is 2. The smallest absolute Gasteiger partial charge is 0.271 e. The summed E-state index contributed by atoms with van der Waals surface area (Å²) in [6.45, 7) is 0. The summed E-state index contributed by atoms with van der Waals surface area (Å²) in [5, 5.41) is 26.2. The van der Waals surface area contributed by atoms with E-state index in [1.807, 2.05) is 30.3 Å². The molecule has 2 aromatic rings. The highest BCUT2D eigenvalue weighted by molar-refractivity contribution is 6.25. The van der Waals surface area contributed by atoms with Gasteiger partial charge in [0.15, 0.2) is 0 Å². The van der Waals surface area contributed by atoms with Crippen LogP contribution >= 0.6 is 0 Å². The number of hydrazone groups is 1. The first kappa shape index (κ1) is 16.3. The van der Waals surface area contributed by atoms with E-state index in [-0.39, 0.29) is 17.1 Å². The molecule has 25 heavy (non-hydrogen) atoms. The van der Waals surface area contributed by atoms with E-state index in [9.17, 15) is 20.2 Å². The van der Waals surface area contributed by atoms with Crippen molar-refractivity contribution >= 4 is 28.3 Å². The molecule has 0 unspecified atom stereocenters. The van der Waals surface area contributed by atoms with Crippen molar-refractivity contribution in [2.75, 3.05) is 5.43 Å². The molecule has 0 aliphatic heterocycles. The molecule has 8 heteroatoms. The average molecular weight is 338 g/mol. The molecule has 0 spiro atoms. The van der Waals surface area contributed by atoms with Crippen LogP contribution in [0.25, 0.3) is 5.57 Å². The Morgan fingerprint density at radius 1 is 1.00 bits per heavy atom. The first-order valence-electron chi connectivity index (χ1n) is 7.57. The molecular weight excluding hydrogens is 324 g/mol. The van der Waals surface area contributed by atoms with Gasteiger partial charge in [-0.2, -0.15) is 5.10 Å². The van der Waals surface area contributed by atoms with Crippen LogP contribution in [0.5, 0.6) is 0 Å². The predicted octanol–water partition coefficient (Wildman–Crippen LogP) is 4.15. The molecule has 0 atom stereocenters. The minimum atomic E-state index is -0.671. The van der Waals surface area contributed by atoms with Crippen molar-refractivity contribution in [3.8, 4) is 0 Å². The quantitative estimate of drug-likeness (QED) is 0.650. The molecule has 0 bridgehead atoms. The van der Waals surface area contributed by atoms with Crippen molar-refractivity contribution in [3.05, 3.63) is 80.4 Å². The summed E-state index contributed by atoms with van der Waals surface area (Å²) in [5.41, 5.74) is 4.88. The number of hydrogen-bond acceptors (Lipinski definition) is 6. The highest BCUT2D eigenvalue weighted by atomic mass is 16.6. The van der Waals surface area contributed by atoms with Gasteiger partial charge in [0.25, 0.3) is 5.69 Å². The highest BCUT2D eigenvalue weighted by Gasteiger charge is 2.20. The molecular formula is C17H14N4O4. The zero-order valence-electron chi connectivity index (χ0n) is 13.1. The molecule has 2 aromatic carbocycles. The Hall–Kier alpha value is -3.55. The Bertz CT molecular complexity index is 891. The molecule has 0 radical (unpaired) electrons. The zero-order valence-corrected chi connectivity index (χ0v) is 13.1. The fraction of sp³-hybridized carbons (Fsp3) is 0.118. The first-order valence-corrected chi connectivity index (χ1v) is 7.57. The summed E-state index contributed by atoms with van der Waals surface area (Å²) in [5.74, 6) is 0. The third kappa shape index (κ3) is 3.52. The Morgan fingerprint density at radius 3 is 2.44 bits per heavy atom. The van der Waals surface area contributed by atoms with Gasteiger partial charge in [-0.3, -0.25) is 25.7 Å². The maximum absolute atomic E-state index is 11.2. The number of hydrogen-bond donors (Lipinski definition) is 1. The minimum absolute atomic E-state index is 0.113. The largest absolute Gasteiger partial charge is 0.301 e. The monoisotopic (exact) mass is 338 g/mol. The second-order valence-corrected chi connectivity index (χ2v) is 5.41. The van der Waals surface area contributed by atoms with E-state index in [0.717, 1.165) is 35.8 Å². The van der Waals surface area contributed by atoms with Gasteiger partial charge in [0.2, 0.25) is 0 Å². The maximum atomic E-state index is 11.2. The van der Waals surface area contributed by atoms with Crippen molar-refractivity contribution in [2.45, 2.75) is 12.8 Å². The summed E-state index contributed by atoms with van der Waals surface area (Å²) < 4.78 is 0. The van der Waals surface area contributed by atoms with Gasteiger partial charge in [0.05, 0.1) is 21.6 Å². The van der Waals surface area contributed by atoms with Gasteiger partial charge in [-0.1, -0.05) is 36.4 Å². The van der Waals surface area contributed by atoms with E-state index in [4.69, 9.17) is 0 Å². The predicted molar refractivity (Wildman–Crippen MR) is 94.5 cm³/mol. The van der Waals surface area contributed by atoms with Crippen molar-refractivity contribution in [3.63, 3.8) is 0 Å². The molecule has 1 aliphatic carbocycles. The molecule has 1 aliphatic rings. The third-order valence-corrected chi connectivity index (χ3v) is 3.83. The van der Waals surface area contributed by atoms with Gasteiger partial charge in [-0.15, -0.1) is 0 Å². The summed E-state index contributed by atoms with van der Waals surface area (Å²) in [6.07, 6.45) is 3.63.